The zero-order valence-electron chi connectivity index (χ0n) is 13.7. The molecule has 1 atom stereocenters. The number of nitrogens with zero attached hydrogens (tertiary/aromatic N) is 2. The second-order valence-corrected chi connectivity index (χ2v) is 6.02. The Balaban J connectivity index is 1.90. The molecule has 2 aromatic carbocycles. The largest absolute Gasteiger partial charge is 0.370 e. The number of rotatable bonds is 5. The maximum absolute atomic E-state index is 12.8. The monoisotopic (exact) mass is 368 g/mol. The lowest BCUT2D eigenvalue weighted by Gasteiger charge is -2.24. The van der Waals surface area contributed by atoms with Crippen LogP contribution in [0.15, 0.2) is 60.7 Å². The molecule has 1 saturated heterocycles. The highest BCUT2D eigenvalue weighted by atomic mass is 32.1. The predicted octanol–water partition coefficient (Wildman–Crippen LogP) is 1.21. The van der Waals surface area contributed by atoms with Crippen molar-refractivity contribution in [1.29, 1.82) is 0 Å². The molecule has 2 aromatic rings. The van der Waals surface area contributed by atoms with Gasteiger partial charge in [0.05, 0.1) is 12.1 Å². The molecule has 0 saturated carbocycles. The number of anilines is 1. The van der Waals surface area contributed by atoms with Crippen molar-refractivity contribution in [2.24, 2.45) is 5.73 Å². The Morgan fingerprint density at radius 1 is 1.04 bits per heavy atom. The molecule has 0 aromatic heterocycles. The van der Waals surface area contributed by atoms with Crippen LogP contribution >= 0.6 is 12.2 Å². The van der Waals surface area contributed by atoms with Gasteiger partial charge in [0, 0.05) is 5.56 Å². The zero-order chi connectivity index (χ0) is 18.7. The minimum absolute atomic E-state index is 0.0803. The summed E-state index contributed by atoms with van der Waals surface area (Å²) in [5.41, 5.74) is 8.84. The van der Waals surface area contributed by atoms with Crippen LogP contribution < -0.4 is 16.1 Å². The topological polar surface area (TPSA) is 95.7 Å². The summed E-state index contributed by atoms with van der Waals surface area (Å²) in [4.78, 5) is 38.0. The zero-order valence-corrected chi connectivity index (χ0v) is 14.5. The third kappa shape index (κ3) is 3.40. The first kappa shape index (κ1) is 17.6. The Kier molecular flexibility index (Phi) is 4.94. The molecule has 1 heterocycles. The first-order valence-electron chi connectivity index (χ1n) is 7.85. The van der Waals surface area contributed by atoms with E-state index in [1.54, 1.807) is 54.6 Å². The van der Waals surface area contributed by atoms with Crippen molar-refractivity contribution in [3.63, 3.8) is 0 Å². The summed E-state index contributed by atoms with van der Waals surface area (Å²) in [6, 6.07) is 16.3. The van der Waals surface area contributed by atoms with Crippen LogP contribution in [0.2, 0.25) is 0 Å². The van der Waals surface area contributed by atoms with Crippen LogP contribution in [0, 0.1) is 0 Å². The molecule has 1 fully saturated rings. The van der Waals surface area contributed by atoms with Gasteiger partial charge in [0.1, 0.15) is 6.04 Å². The van der Waals surface area contributed by atoms with Crippen LogP contribution in [0.1, 0.15) is 16.8 Å². The molecule has 132 valence electrons. The number of amides is 3. The normalized spacial score (nSPS) is 16.7. The van der Waals surface area contributed by atoms with E-state index >= 15 is 0 Å². The molecule has 3 amide bonds. The highest BCUT2D eigenvalue weighted by molar-refractivity contribution is 7.80. The lowest BCUT2D eigenvalue weighted by Crippen LogP contribution is -2.49. The molecule has 1 aliphatic rings. The maximum atomic E-state index is 12.8. The first-order valence-corrected chi connectivity index (χ1v) is 8.26. The van der Waals surface area contributed by atoms with Crippen LogP contribution in [0.3, 0.4) is 0 Å². The van der Waals surface area contributed by atoms with Gasteiger partial charge >= 0.3 is 0 Å². The average molecular weight is 368 g/mol. The van der Waals surface area contributed by atoms with E-state index in [0.29, 0.717) is 11.3 Å². The lowest BCUT2D eigenvalue weighted by atomic mass is 10.2. The molecule has 0 bridgehead atoms. The Bertz CT molecular complexity index is 857. The average Bonchev–Trinajstić information content (AvgIpc) is 2.86. The highest BCUT2D eigenvalue weighted by Crippen LogP contribution is 2.25. The minimum Gasteiger partial charge on any atom is -0.370 e. The van der Waals surface area contributed by atoms with Gasteiger partial charge in [0.25, 0.3) is 11.8 Å². The number of primary amides is 1. The van der Waals surface area contributed by atoms with Crippen LogP contribution in [-0.4, -0.2) is 33.9 Å². The van der Waals surface area contributed by atoms with Gasteiger partial charge in [-0.25, -0.2) is 5.01 Å². The van der Waals surface area contributed by atoms with E-state index in [1.165, 1.54) is 9.91 Å². The molecule has 0 aliphatic carbocycles. The number of hydrogen-bond acceptors (Lipinski definition) is 4. The Morgan fingerprint density at radius 3 is 2.19 bits per heavy atom. The maximum Gasteiger partial charge on any atom is 0.269 e. The van der Waals surface area contributed by atoms with Crippen molar-refractivity contribution in [1.82, 2.24) is 10.4 Å². The molecule has 0 spiro atoms. The number of nitrogens with one attached hydrogen (secondary N) is 1. The molecule has 3 N–H and O–H groups in total. The number of carbonyl (C=O) groups is 3. The second kappa shape index (κ2) is 7.32. The van der Waals surface area contributed by atoms with E-state index in [0.717, 1.165) is 0 Å². The van der Waals surface area contributed by atoms with Crippen molar-refractivity contribution in [3.05, 3.63) is 66.2 Å². The fourth-order valence-electron chi connectivity index (χ4n) is 2.67. The molecular formula is C18H16N4O3S. The Morgan fingerprint density at radius 2 is 1.62 bits per heavy atom. The first-order chi connectivity index (χ1) is 12.5. The Hall–Kier alpha value is -3.26. The second-order valence-electron chi connectivity index (χ2n) is 5.65. The van der Waals surface area contributed by atoms with Crippen LogP contribution in [-0.2, 0) is 9.59 Å². The standard InChI is InChI=1S/C18H16N4O3S/c19-15(23)11-14-17(25)21(13-9-5-2-6-10-13)18(26)22(14)20-16(24)12-7-3-1-4-8-12/h1-10,14H,11H2,(H2,19,23)(H,20,24). The summed E-state index contributed by atoms with van der Waals surface area (Å²) in [6.45, 7) is 0. The summed E-state index contributed by atoms with van der Waals surface area (Å²) < 4.78 is 0. The molecular weight excluding hydrogens is 352 g/mol. The molecule has 3 rings (SSSR count). The summed E-state index contributed by atoms with van der Waals surface area (Å²) in [7, 11) is 0. The smallest absolute Gasteiger partial charge is 0.269 e. The number of thiocarbonyl (C=S) groups is 1. The van der Waals surface area contributed by atoms with Crippen molar-refractivity contribution >= 4 is 40.7 Å². The number of benzene rings is 2. The summed E-state index contributed by atoms with van der Waals surface area (Å²) in [5, 5.41) is 1.31. The van der Waals surface area contributed by atoms with E-state index in [-0.39, 0.29) is 11.5 Å². The molecule has 26 heavy (non-hydrogen) atoms. The van der Waals surface area contributed by atoms with Crippen molar-refractivity contribution in [2.75, 3.05) is 4.90 Å². The quantitative estimate of drug-likeness (QED) is 0.774. The Labute approximate surface area is 155 Å². The number of hydrogen-bond donors (Lipinski definition) is 2. The SMILES string of the molecule is NC(=O)CC1C(=O)N(c2ccccc2)C(=S)N1NC(=O)c1ccccc1. The fraction of sp³-hybridized carbons (Fsp3) is 0.111. The van der Waals surface area contributed by atoms with E-state index in [2.05, 4.69) is 5.43 Å². The third-order valence-corrected chi connectivity index (χ3v) is 4.26. The number of carbonyl (C=O) groups excluding carboxylic acids is 3. The summed E-state index contributed by atoms with van der Waals surface area (Å²) >= 11 is 5.38. The molecule has 0 radical (unpaired) electrons. The number of hydrazine groups is 1. The molecule has 8 heteroatoms. The van der Waals surface area contributed by atoms with Gasteiger partial charge in [-0.15, -0.1) is 0 Å². The summed E-state index contributed by atoms with van der Waals surface area (Å²) in [5.74, 6) is -1.53. The number of para-hydroxylation sites is 1. The third-order valence-electron chi connectivity index (χ3n) is 3.88. The number of nitrogens with two attached hydrogens (primary N) is 1. The molecule has 1 aliphatic heterocycles. The van der Waals surface area contributed by atoms with E-state index in [4.69, 9.17) is 18.0 Å². The lowest BCUT2D eigenvalue weighted by molar-refractivity contribution is -0.125. The molecule has 1 unspecified atom stereocenters. The van der Waals surface area contributed by atoms with Gasteiger partial charge < -0.3 is 5.73 Å². The molecule has 7 nitrogen and oxygen atoms in total. The van der Waals surface area contributed by atoms with E-state index < -0.39 is 23.8 Å². The van der Waals surface area contributed by atoms with Gasteiger partial charge in [-0.05, 0) is 36.5 Å². The predicted molar refractivity (Wildman–Crippen MR) is 99.9 cm³/mol. The van der Waals surface area contributed by atoms with Gasteiger partial charge in [-0.2, -0.15) is 0 Å². The van der Waals surface area contributed by atoms with E-state index in [1.807, 2.05) is 6.07 Å². The summed E-state index contributed by atoms with van der Waals surface area (Å²) in [6.07, 6.45) is -0.266. The van der Waals surface area contributed by atoms with Gasteiger partial charge in [0.15, 0.2) is 0 Å². The van der Waals surface area contributed by atoms with Crippen molar-refractivity contribution in [2.45, 2.75) is 12.5 Å². The van der Waals surface area contributed by atoms with Crippen molar-refractivity contribution < 1.29 is 14.4 Å². The van der Waals surface area contributed by atoms with Gasteiger partial charge in [-0.1, -0.05) is 36.4 Å². The van der Waals surface area contributed by atoms with Gasteiger partial charge in [0.2, 0.25) is 11.0 Å². The van der Waals surface area contributed by atoms with Crippen LogP contribution in [0.4, 0.5) is 5.69 Å². The van der Waals surface area contributed by atoms with Crippen LogP contribution in [0.25, 0.3) is 0 Å². The minimum atomic E-state index is -0.993. The van der Waals surface area contributed by atoms with Crippen molar-refractivity contribution in [3.8, 4) is 0 Å². The van der Waals surface area contributed by atoms with E-state index in [9.17, 15) is 14.4 Å². The van der Waals surface area contributed by atoms with Gasteiger partial charge in [-0.3, -0.25) is 24.7 Å². The fourth-order valence-corrected chi connectivity index (χ4v) is 3.04. The van der Waals surface area contributed by atoms with Crippen LogP contribution in [0.5, 0.6) is 0 Å². The highest BCUT2D eigenvalue weighted by Gasteiger charge is 2.45.